The average Bonchev–Trinajstić information content (AvgIpc) is 2.29. The fourth-order valence-corrected chi connectivity index (χ4v) is 1.96. The molecule has 0 aliphatic rings. The van der Waals surface area contributed by atoms with Gasteiger partial charge in [0.25, 0.3) is 0 Å². The fourth-order valence-electron chi connectivity index (χ4n) is 1.96. The quantitative estimate of drug-likeness (QED) is 0.573. The summed E-state index contributed by atoms with van der Waals surface area (Å²) in [6.45, 7) is 6.72. The van der Waals surface area contributed by atoms with Gasteiger partial charge in [0.1, 0.15) is 11.4 Å². The lowest BCUT2D eigenvalue weighted by Crippen LogP contribution is -2.16. The van der Waals surface area contributed by atoms with Crippen molar-refractivity contribution in [3.63, 3.8) is 0 Å². The normalized spacial score (nSPS) is 11.9. The third-order valence-electron chi connectivity index (χ3n) is 2.71. The topological polar surface area (TPSA) is 67.2 Å². The van der Waals surface area contributed by atoms with E-state index in [1.54, 1.807) is 12.1 Å². The molecule has 0 saturated carbocycles. The smallest absolute Gasteiger partial charge is 0.315 e. The van der Waals surface area contributed by atoms with Crippen LogP contribution in [0.1, 0.15) is 33.6 Å². The summed E-state index contributed by atoms with van der Waals surface area (Å²) in [7, 11) is 0. The molecule has 1 aromatic rings. The van der Waals surface area contributed by atoms with E-state index < -0.39 is 0 Å². The van der Waals surface area contributed by atoms with Crippen molar-refractivity contribution < 1.29 is 4.92 Å². The number of para-hydroxylation sites is 1. The molecule has 0 aliphatic heterocycles. The van der Waals surface area contributed by atoms with Gasteiger partial charge in [-0.25, -0.2) is 0 Å². The molecule has 5 nitrogen and oxygen atoms in total. The van der Waals surface area contributed by atoms with Crippen molar-refractivity contribution in [1.29, 1.82) is 0 Å². The Morgan fingerprint density at radius 1 is 1.33 bits per heavy atom. The summed E-state index contributed by atoms with van der Waals surface area (Å²) >= 11 is 0. The zero-order chi connectivity index (χ0) is 13.5. The van der Waals surface area contributed by atoms with Gasteiger partial charge in [0.15, 0.2) is 0 Å². The number of nitro benzene ring substituents is 1. The molecule has 1 unspecified atom stereocenters. The predicted molar refractivity (Wildman–Crippen MR) is 75.3 cm³/mol. The molecule has 0 aromatic heterocycles. The standard InChI is InChI=1S/C13H21N3O2/c1-4-7-10(3)15-12-9-6-8-11(14-5-2)13(12)16(17)18/h6,8-10,14-15H,4-5,7H2,1-3H3. The van der Waals surface area contributed by atoms with E-state index in [1.807, 2.05) is 19.9 Å². The van der Waals surface area contributed by atoms with Crippen molar-refractivity contribution in [2.24, 2.45) is 0 Å². The molecule has 5 heteroatoms. The Kier molecular flexibility index (Phi) is 5.42. The first-order valence-corrected chi connectivity index (χ1v) is 6.37. The largest absolute Gasteiger partial charge is 0.380 e. The minimum Gasteiger partial charge on any atom is -0.380 e. The molecule has 100 valence electrons. The number of nitro groups is 1. The maximum atomic E-state index is 11.2. The number of nitrogens with zero attached hydrogens (tertiary/aromatic N) is 1. The van der Waals surface area contributed by atoms with Gasteiger partial charge in [-0.2, -0.15) is 0 Å². The molecule has 18 heavy (non-hydrogen) atoms. The highest BCUT2D eigenvalue weighted by molar-refractivity contribution is 5.76. The molecule has 0 bridgehead atoms. The van der Waals surface area contributed by atoms with E-state index in [-0.39, 0.29) is 16.7 Å². The van der Waals surface area contributed by atoms with Crippen LogP contribution in [0.4, 0.5) is 17.1 Å². The van der Waals surface area contributed by atoms with Crippen LogP contribution in [-0.2, 0) is 0 Å². The second kappa shape index (κ2) is 6.83. The SMILES string of the molecule is CCCC(C)Nc1cccc(NCC)c1[N+](=O)[O-]. The Balaban J connectivity index is 3.02. The molecule has 0 heterocycles. The van der Waals surface area contributed by atoms with Gasteiger partial charge < -0.3 is 10.6 Å². The van der Waals surface area contributed by atoms with Crippen molar-refractivity contribution >= 4 is 17.1 Å². The number of hydrogen-bond donors (Lipinski definition) is 2. The summed E-state index contributed by atoms with van der Waals surface area (Å²) in [5.41, 5.74) is 1.28. The van der Waals surface area contributed by atoms with E-state index in [9.17, 15) is 10.1 Å². The summed E-state index contributed by atoms with van der Waals surface area (Å²) in [6, 6.07) is 5.54. The number of hydrogen-bond acceptors (Lipinski definition) is 4. The molecule has 0 fully saturated rings. The van der Waals surface area contributed by atoms with E-state index in [2.05, 4.69) is 17.6 Å². The van der Waals surface area contributed by atoms with Gasteiger partial charge in [0.2, 0.25) is 0 Å². The Labute approximate surface area is 108 Å². The minimum absolute atomic E-state index is 0.127. The van der Waals surface area contributed by atoms with E-state index >= 15 is 0 Å². The molecule has 0 radical (unpaired) electrons. The Morgan fingerprint density at radius 3 is 2.56 bits per heavy atom. The minimum atomic E-state index is -0.334. The van der Waals surface area contributed by atoms with Crippen LogP contribution in [0.15, 0.2) is 18.2 Å². The van der Waals surface area contributed by atoms with Gasteiger partial charge >= 0.3 is 5.69 Å². The van der Waals surface area contributed by atoms with Gasteiger partial charge in [0, 0.05) is 12.6 Å². The van der Waals surface area contributed by atoms with Gasteiger partial charge in [-0.1, -0.05) is 19.4 Å². The average molecular weight is 251 g/mol. The van der Waals surface area contributed by atoms with Gasteiger partial charge in [-0.3, -0.25) is 10.1 Å². The predicted octanol–water partition coefficient (Wildman–Crippen LogP) is 3.63. The zero-order valence-electron chi connectivity index (χ0n) is 11.2. The highest BCUT2D eigenvalue weighted by Gasteiger charge is 2.19. The van der Waals surface area contributed by atoms with Crippen LogP contribution >= 0.6 is 0 Å². The number of benzene rings is 1. The van der Waals surface area contributed by atoms with Crippen LogP contribution in [0.3, 0.4) is 0 Å². The Hall–Kier alpha value is -1.78. The highest BCUT2D eigenvalue weighted by Crippen LogP contribution is 2.33. The maximum Gasteiger partial charge on any atom is 0.315 e. The highest BCUT2D eigenvalue weighted by atomic mass is 16.6. The summed E-state index contributed by atoms with van der Waals surface area (Å²) < 4.78 is 0. The lowest BCUT2D eigenvalue weighted by molar-refractivity contribution is -0.383. The summed E-state index contributed by atoms with van der Waals surface area (Å²) in [5, 5.41) is 17.4. The second-order valence-corrected chi connectivity index (χ2v) is 4.32. The molecule has 1 aromatic carbocycles. The monoisotopic (exact) mass is 251 g/mol. The Bertz CT molecular complexity index is 407. The molecule has 1 rings (SSSR count). The van der Waals surface area contributed by atoms with Crippen molar-refractivity contribution in [2.45, 2.75) is 39.7 Å². The summed E-state index contributed by atoms with van der Waals surface area (Å²) in [5.74, 6) is 0. The first-order valence-electron chi connectivity index (χ1n) is 6.37. The molecular formula is C13H21N3O2. The fraction of sp³-hybridized carbons (Fsp3) is 0.538. The molecule has 0 spiro atoms. The number of anilines is 2. The van der Waals surface area contributed by atoms with Crippen LogP contribution in [0.5, 0.6) is 0 Å². The lowest BCUT2D eigenvalue weighted by Gasteiger charge is -2.15. The first-order chi connectivity index (χ1) is 8.60. The van der Waals surface area contributed by atoms with Gasteiger partial charge in [0.05, 0.1) is 4.92 Å². The van der Waals surface area contributed by atoms with Crippen LogP contribution < -0.4 is 10.6 Å². The van der Waals surface area contributed by atoms with Crippen molar-refractivity contribution in [3.8, 4) is 0 Å². The van der Waals surface area contributed by atoms with Crippen molar-refractivity contribution in [1.82, 2.24) is 0 Å². The van der Waals surface area contributed by atoms with Gasteiger partial charge in [-0.15, -0.1) is 0 Å². The molecule has 0 saturated heterocycles. The van der Waals surface area contributed by atoms with E-state index in [1.165, 1.54) is 0 Å². The van der Waals surface area contributed by atoms with E-state index in [4.69, 9.17) is 0 Å². The van der Waals surface area contributed by atoms with Crippen molar-refractivity contribution in [3.05, 3.63) is 28.3 Å². The second-order valence-electron chi connectivity index (χ2n) is 4.32. The van der Waals surface area contributed by atoms with Crippen LogP contribution in [0.2, 0.25) is 0 Å². The third-order valence-corrected chi connectivity index (χ3v) is 2.71. The molecular weight excluding hydrogens is 230 g/mol. The number of nitrogens with one attached hydrogen (secondary N) is 2. The van der Waals surface area contributed by atoms with Crippen LogP contribution in [-0.4, -0.2) is 17.5 Å². The molecule has 2 N–H and O–H groups in total. The zero-order valence-corrected chi connectivity index (χ0v) is 11.2. The Morgan fingerprint density at radius 2 is 2.00 bits per heavy atom. The van der Waals surface area contributed by atoms with Gasteiger partial charge in [-0.05, 0) is 32.4 Å². The first kappa shape index (κ1) is 14.3. The molecule has 0 amide bonds. The third kappa shape index (κ3) is 3.61. The van der Waals surface area contributed by atoms with Crippen LogP contribution in [0, 0.1) is 10.1 Å². The van der Waals surface area contributed by atoms with E-state index in [0.29, 0.717) is 17.9 Å². The molecule has 0 aliphatic carbocycles. The van der Waals surface area contributed by atoms with Crippen molar-refractivity contribution in [2.75, 3.05) is 17.2 Å². The summed E-state index contributed by atoms with van der Waals surface area (Å²) in [4.78, 5) is 10.8. The van der Waals surface area contributed by atoms with Crippen LogP contribution in [0.25, 0.3) is 0 Å². The summed E-state index contributed by atoms with van der Waals surface area (Å²) in [6.07, 6.45) is 2.04. The van der Waals surface area contributed by atoms with E-state index in [0.717, 1.165) is 12.8 Å². The lowest BCUT2D eigenvalue weighted by atomic mass is 10.1. The maximum absolute atomic E-state index is 11.2. The number of rotatable bonds is 7. The molecule has 1 atom stereocenters.